The fraction of sp³-hybridized carbons (Fsp3) is 0. The Morgan fingerprint density at radius 2 is 1.57 bits per heavy atom. The van der Waals surface area contributed by atoms with Gasteiger partial charge in [0.1, 0.15) is 22.9 Å². The smallest absolute Gasteiger partial charge is 0.143 e. The van der Waals surface area contributed by atoms with E-state index in [0.717, 1.165) is 10.8 Å². The molecule has 104 valence electrons. The molecule has 0 saturated heterocycles. The van der Waals surface area contributed by atoms with Crippen molar-refractivity contribution in [3.63, 3.8) is 0 Å². The van der Waals surface area contributed by atoms with E-state index in [1.807, 2.05) is 24.3 Å². The van der Waals surface area contributed by atoms with Crippen LogP contribution in [0.4, 0.5) is 11.4 Å². The highest BCUT2D eigenvalue weighted by Gasteiger charge is 2.07. The quantitative estimate of drug-likeness (QED) is 0.629. The molecule has 0 radical (unpaired) electrons. The summed E-state index contributed by atoms with van der Waals surface area (Å²) >= 11 is 5.86. The predicted molar refractivity (Wildman–Crippen MR) is 82.9 cm³/mol. The number of rotatable bonds is 2. The molecular formula is C16H11ClN2O2. The van der Waals surface area contributed by atoms with Crippen molar-refractivity contribution in [2.45, 2.75) is 0 Å². The van der Waals surface area contributed by atoms with Crippen LogP contribution in [-0.2, 0) is 0 Å². The van der Waals surface area contributed by atoms with Gasteiger partial charge in [0.25, 0.3) is 0 Å². The summed E-state index contributed by atoms with van der Waals surface area (Å²) < 4.78 is 0. The van der Waals surface area contributed by atoms with Crippen LogP contribution in [0.3, 0.4) is 0 Å². The molecule has 0 bridgehead atoms. The van der Waals surface area contributed by atoms with E-state index in [0.29, 0.717) is 10.7 Å². The van der Waals surface area contributed by atoms with Gasteiger partial charge < -0.3 is 10.2 Å². The van der Waals surface area contributed by atoms with Gasteiger partial charge in [-0.2, -0.15) is 0 Å². The molecular weight excluding hydrogens is 288 g/mol. The van der Waals surface area contributed by atoms with Crippen LogP contribution in [0.25, 0.3) is 10.8 Å². The van der Waals surface area contributed by atoms with Gasteiger partial charge in [-0.25, -0.2) is 0 Å². The molecule has 0 aliphatic rings. The normalized spacial score (nSPS) is 11.3. The molecule has 0 spiro atoms. The van der Waals surface area contributed by atoms with Gasteiger partial charge in [0.05, 0.1) is 0 Å². The van der Waals surface area contributed by atoms with Gasteiger partial charge in [0.15, 0.2) is 0 Å². The number of phenolic OH excluding ortho intramolecular Hbond substituents is 2. The molecule has 21 heavy (non-hydrogen) atoms. The van der Waals surface area contributed by atoms with Crippen LogP contribution in [0, 0.1) is 0 Å². The number of benzene rings is 3. The van der Waals surface area contributed by atoms with E-state index in [1.165, 1.54) is 12.1 Å². The zero-order valence-corrected chi connectivity index (χ0v) is 11.6. The van der Waals surface area contributed by atoms with Crippen molar-refractivity contribution in [1.82, 2.24) is 0 Å². The van der Waals surface area contributed by atoms with E-state index in [-0.39, 0.29) is 17.2 Å². The summed E-state index contributed by atoms with van der Waals surface area (Å²) in [5.74, 6) is 0.00171. The lowest BCUT2D eigenvalue weighted by Gasteiger charge is -2.04. The number of hydrogen-bond acceptors (Lipinski definition) is 4. The molecule has 5 heteroatoms. The molecule has 0 amide bonds. The average molecular weight is 299 g/mol. The second kappa shape index (κ2) is 5.42. The number of nitrogens with zero attached hydrogens (tertiary/aromatic N) is 2. The van der Waals surface area contributed by atoms with Gasteiger partial charge in [-0.3, -0.25) is 0 Å². The number of hydrogen-bond donors (Lipinski definition) is 2. The summed E-state index contributed by atoms with van der Waals surface area (Å²) in [5, 5.41) is 29.9. The van der Waals surface area contributed by atoms with E-state index < -0.39 is 0 Å². The molecule has 2 N–H and O–H groups in total. The molecule has 0 saturated carbocycles. The Kier molecular flexibility index (Phi) is 3.46. The highest BCUT2D eigenvalue weighted by atomic mass is 35.5. The Morgan fingerprint density at radius 3 is 2.43 bits per heavy atom. The minimum Gasteiger partial charge on any atom is -0.506 e. The van der Waals surface area contributed by atoms with Crippen LogP contribution in [0.15, 0.2) is 64.8 Å². The largest absolute Gasteiger partial charge is 0.506 e. The second-order valence-corrected chi connectivity index (χ2v) is 4.92. The lowest BCUT2D eigenvalue weighted by Crippen LogP contribution is -1.75. The standard InChI is InChI=1S/C16H11ClN2O2/c17-11-6-8-14(20)13(9-11)18-19-16-12-4-2-1-3-10(12)5-7-15(16)21/h1-9,20-21H/b19-18+. The average Bonchev–Trinajstić information content (AvgIpc) is 2.49. The lowest BCUT2D eigenvalue weighted by molar-refractivity contribution is 0.474. The summed E-state index contributed by atoms with van der Waals surface area (Å²) in [6.45, 7) is 0. The minimum absolute atomic E-state index is 0.0251. The number of halogens is 1. The summed E-state index contributed by atoms with van der Waals surface area (Å²) in [7, 11) is 0. The zero-order chi connectivity index (χ0) is 14.8. The maximum atomic E-state index is 9.97. The number of azo groups is 1. The van der Waals surface area contributed by atoms with Gasteiger partial charge in [-0.05, 0) is 29.7 Å². The van der Waals surface area contributed by atoms with Crippen molar-refractivity contribution in [1.29, 1.82) is 0 Å². The van der Waals surface area contributed by atoms with E-state index in [4.69, 9.17) is 11.6 Å². The van der Waals surface area contributed by atoms with Crippen LogP contribution in [0.1, 0.15) is 0 Å². The maximum Gasteiger partial charge on any atom is 0.143 e. The third kappa shape index (κ3) is 2.66. The molecule has 0 heterocycles. The van der Waals surface area contributed by atoms with Crippen LogP contribution in [0.5, 0.6) is 11.5 Å². The van der Waals surface area contributed by atoms with E-state index in [1.54, 1.807) is 18.2 Å². The summed E-state index contributed by atoms with van der Waals surface area (Å²) in [5.41, 5.74) is 0.599. The molecule has 4 nitrogen and oxygen atoms in total. The van der Waals surface area contributed by atoms with Crippen LogP contribution < -0.4 is 0 Å². The SMILES string of the molecule is Oc1ccc(Cl)cc1/N=N/c1c(O)ccc2ccccc12. The first-order chi connectivity index (χ1) is 10.1. The molecule has 3 aromatic carbocycles. The third-order valence-corrected chi connectivity index (χ3v) is 3.31. The minimum atomic E-state index is -0.0251. The highest BCUT2D eigenvalue weighted by molar-refractivity contribution is 6.30. The van der Waals surface area contributed by atoms with Gasteiger partial charge in [0, 0.05) is 10.4 Å². The Bertz CT molecular complexity index is 847. The summed E-state index contributed by atoms with van der Waals surface area (Å²) in [6, 6.07) is 15.4. The third-order valence-electron chi connectivity index (χ3n) is 3.07. The monoisotopic (exact) mass is 298 g/mol. The predicted octanol–water partition coefficient (Wildman–Crippen LogP) is 5.32. The molecule has 3 aromatic rings. The summed E-state index contributed by atoms with van der Waals surface area (Å²) in [6.07, 6.45) is 0. The van der Waals surface area contributed by atoms with Crippen molar-refractivity contribution >= 4 is 33.7 Å². The summed E-state index contributed by atoms with van der Waals surface area (Å²) in [4.78, 5) is 0. The van der Waals surface area contributed by atoms with E-state index in [2.05, 4.69) is 10.2 Å². The Hall–Kier alpha value is -2.59. The molecule has 3 rings (SSSR count). The van der Waals surface area contributed by atoms with Crippen molar-refractivity contribution < 1.29 is 10.2 Å². The van der Waals surface area contributed by atoms with E-state index >= 15 is 0 Å². The maximum absolute atomic E-state index is 9.97. The second-order valence-electron chi connectivity index (χ2n) is 4.49. The van der Waals surface area contributed by atoms with Crippen molar-refractivity contribution in [3.8, 4) is 11.5 Å². The highest BCUT2D eigenvalue weighted by Crippen LogP contribution is 2.37. The first kappa shape index (κ1) is 13.4. The first-order valence-corrected chi connectivity index (χ1v) is 6.64. The Labute approximate surface area is 126 Å². The number of fused-ring (bicyclic) bond motifs is 1. The molecule has 0 unspecified atom stereocenters. The lowest BCUT2D eigenvalue weighted by atomic mass is 10.1. The molecule has 0 aliphatic heterocycles. The fourth-order valence-electron chi connectivity index (χ4n) is 2.03. The Balaban J connectivity index is 2.11. The molecule has 0 atom stereocenters. The first-order valence-electron chi connectivity index (χ1n) is 6.26. The van der Waals surface area contributed by atoms with E-state index in [9.17, 15) is 10.2 Å². The molecule has 0 aromatic heterocycles. The molecule has 0 fully saturated rings. The number of aromatic hydroxyl groups is 2. The van der Waals surface area contributed by atoms with Gasteiger partial charge in [-0.15, -0.1) is 10.2 Å². The topological polar surface area (TPSA) is 65.2 Å². The van der Waals surface area contributed by atoms with Crippen molar-refractivity contribution in [2.75, 3.05) is 0 Å². The Morgan fingerprint density at radius 1 is 0.810 bits per heavy atom. The van der Waals surface area contributed by atoms with Crippen molar-refractivity contribution in [3.05, 3.63) is 59.6 Å². The van der Waals surface area contributed by atoms with Gasteiger partial charge in [0.2, 0.25) is 0 Å². The van der Waals surface area contributed by atoms with Crippen LogP contribution in [0.2, 0.25) is 5.02 Å². The zero-order valence-electron chi connectivity index (χ0n) is 10.9. The van der Waals surface area contributed by atoms with Crippen LogP contribution >= 0.6 is 11.6 Å². The fourth-order valence-corrected chi connectivity index (χ4v) is 2.20. The van der Waals surface area contributed by atoms with Gasteiger partial charge >= 0.3 is 0 Å². The van der Waals surface area contributed by atoms with Gasteiger partial charge in [-0.1, -0.05) is 41.9 Å². The number of phenols is 2. The molecule has 0 aliphatic carbocycles. The van der Waals surface area contributed by atoms with Crippen LogP contribution in [-0.4, -0.2) is 10.2 Å². The van der Waals surface area contributed by atoms with Crippen molar-refractivity contribution in [2.24, 2.45) is 10.2 Å².